The van der Waals surface area contributed by atoms with Gasteiger partial charge >= 0.3 is 35.8 Å². The fraction of sp³-hybridized carbons (Fsp3) is 0.194. The van der Waals surface area contributed by atoms with Gasteiger partial charge in [0.2, 0.25) is 0 Å². The van der Waals surface area contributed by atoms with Gasteiger partial charge in [-0.1, -0.05) is 112 Å². The molecule has 0 radical (unpaired) electrons. The fourth-order valence-electron chi connectivity index (χ4n) is 6.98. The molecule has 0 unspecified atom stereocenters. The number of esters is 6. The molecule has 12 nitrogen and oxygen atoms in total. The van der Waals surface area contributed by atoms with Crippen LogP contribution in [0.5, 0.6) is 0 Å². The molecule has 0 aliphatic carbocycles. The average molecular weight is 1180 g/mol. The maximum Gasteiger partial charge on any atom is 0.338 e. The summed E-state index contributed by atoms with van der Waals surface area (Å²) in [6, 6.07) is 36.7. The molecule has 6 aromatic rings. The van der Waals surface area contributed by atoms with Crippen molar-refractivity contribution in [3.05, 3.63) is 211 Å². The van der Waals surface area contributed by atoms with E-state index in [-0.39, 0.29) is 50.8 Å². The van der Waals surface area contributed by atoms with Crippen LogP contribution in [0.15, 0.2) is 133 Å². The van der Waals surface area contributed by atoms with Crippen molar-refractivity contribution in [3.8, 4) is 47.4 Å². The topological polar surface area (TPSA) is 158 Å². The highest BCUT2D eigenvalue weighted by Gasteiger charge is 2.15. The first-order valence-electron chi connectivity index (χ1n) is 24.7. The summed E-state index contributed by atoms with van der Waals surface area (Å²) in [5, 5.41) is 0. The molecule has 0 amide bonds. The number of rotatable bonds is 0. The third-order valence-corrected chi connectivity index (χ3v) is 17.9. The molecule has 6 aliphatic rings. The molecule has 0 aromatic heterocycles. The SMILES string of the molecule is O=C1OCCSSCCOC(=O)c2ccc(cc2)C#Cc2cc3cc(c2)C(=O)OCCSSCCOC(=O)c2cc(cc(c2)C#Cc2ccc(cc2)C(=O)OCCSSCCOC(=O)c2ccc(cc2)C#C3)C#Cc2ccc1cc2. The van der Waals surface area contributed by atoms with Crippen LogP contribution in [-0.2, 0) is 28.4 Å². The van der Waals surface area contributed by atoms with E-state index in [2.05, 4.69) is 47.4 Å². The molecule has 18 heteroatoms. The molecule has 6 aromatic carbocycles. The van der Waals surface area contributed by atoms with Crippen molar-refractivity contribution < 1.29 is 57.2 Å². The van der Waals surface area contributed by atoms with Gasteiger partial charge in [0.15, 0.2) is 0 Å². The molecule has 0 saturated carbocycles. The third-order valence-electron chi connectivity index (χ3n) is 10.9. The summed E-state index contributed by atoms with van der Waals surface area (Å²) in [7, 11) is 8.87. The minimum atomic E-state index is -0.568. The van der Waals surface area contributed by atoms with Gasteiger partial charge in [0, 0.05) is 79.0 Å². The van der Waals surface area contributed by atoms with Gasteiger partial charge < -0.3 is 28.4 Å². The first-order chi connectivity index (χ1) is 39.1. The van der Waals surface area contributed by atoms with Gasteiger partial charge in [-0.2, -0.15) is 0 Å². The Kier molecular flexibility index (Phi) is 22.9. The Balaban J connectivity index is 1.04. The average Bonchev–Trinajstić information content (AvgIpc) is 3.49. The molecule has 0 spiro atoms. The Morgan fingerprint density at radius 3 is 0.600 bits per heavy atom. The molecule has 6 aliphatic heterocycles. The van der Waals surface area contributed by atoms with Crippen molar-refractivity contribution in [2.24, 2.45) is 0 Å². The highest BCUT2D eigenvalue weighted by atomic mass is 33.1. The molecule has 0 fully saturated rings. The minimum Gasteiger partial charge on any atom is -0.461 e. The Hall–Kier alpha value is -7.52. The summed E-state index contributed by atoms with van der Waals surface area (Å²) in [4.78, 5) is 78.4. The Labute approximate surface area is 487 Å². The number of hydrogen-bond acceptors (Lipinski definition) is 18. The van der Waals surface area contributed by atoms with Gasteiger partial charge in [0.05, 0.1) is 33.4 Å². The van der Waals surface area contributed by atoms with Crippen LogP contribution in [0.4, 0.5) is 0 Å². The predicted molar refractivity (Wildman–Crippen MR) is 319 cm³/mol. The van der Waals surface area contributed by atoms with Gasteiger partial charge in [-0.25, -0.2) is 28.8 Å². The van der Waals surface area contributed by atoms with Crippen LogP contribution >= 0.6 is 64.8 Å². The largest absolute Gasteiger partial charge is 0.461 e. The molecule has 0 atom stereocenters. The van der Waals surface area contributed by atoms with Gasteiger partial charge in [-0.3, -0.25) is 0 Å². The third kappa shape index (κ3) is 19.1. The van der Waals surface area contributed by atoms with Crippen molar-refractivity contribution in [3.63, 3.8) is 0 Å². The first kappa shape index (κ1) is 58.6. The number of carbonyl (C=O) groups is 6. The molecule has 402 valence electrons. The second kappa shape index (κ2) is 31.3. The van der Waals surface area contributed by atoms with Gasteiger partial charge in [0.1, 0.15) is 39.6 Å². The molecular formula is C62H46O12S6. The number of hydrogen-bond donors (Lipinski definition) is 0. The van der Waals surface area contributed by atoms with E-state index >= 15 is 0 Å². The van der Waals surface area contributed by atoms with Gasteiger partial charge in [-0.05, 0) is 133 Å². The van der Waals surface area contributed by atoms with Crippen molar-refractivity contribution >= 4 is 101 Å². The van der Waals surface area contributed by atoms with Crippen LogP contribution in [0.25, 0.3) is 0 Å². The minimum absolute atomic E-state index is 0.0946. The lowest BCUT2D eigenvalue weighted by Crippen LogP contribution is -2.09. The molecule has 14 bridgehead atoms. The lowest BCUT2D eigenvalue weighted by Gasteiger charge is -2.07. The maximum atomic E-state index is 13.5. The second-order valence-corrected chi connectivity index (χ2v) is 24.8. The highest BCUT2D eigenvalue weighted by Crippen LogP contribution is 2.24. The molecule has 80 heavy (non-hydrogen) atoms. The van der Waals surface area contributed by atoms with E-state index in [1.165, 1.54) is 64.8 Å². The molecule has 0 saturated heterocycles. The van der Waals surface area contributed by atoms with Crippen LogP contribution in [0.1, 0.15) is 107 Å². The number of ether oxygens (including phenoxy) is 6. The first-order valence-corrected chi connectivity index (χ1v) is 32.1. The van der Waals surface area contributed by atoms with Gasteiger partial charge in [0.25, 0.3) is 0 Å². The lowest BCUT2D eigenvalue weighted by molar-refractivity contribution is 0.0520. The Bertz CT molecular complexity index is 3050. The quantitative estimate of drug-likeness (QED) is 0.0611. The lowest BCUT2D eigenvalue weighted by atomic mass is 10.0. The monoisotopic (exact) mass is 1170 g/mol. The number of benzene rings is 6. The molecule has 6 heterocycles. The van der Waals surface area contributed by atoms with Gasteiger partial charge in [-0.15, -0.1) is 0 Å². The summed E-state index contributed by atoms with van der Waals surface area (Å²) in [5.74, 6) is 24.8. The van der Waals surface area contributed by atoms with E-state index in [0.717, 1.165) is 0 Å². The standard InChI is InChI=1S/C62H46O12S6/c63-57-51-17-9-43(10-18-51)1-5-47-37-48-6-2-44-11-19-52(20-12-44)58(64)70-27-33-77-78-34-28-72-60(66)54-23-15-46(16-24-54)4-8-50-38-49(7-3-45-13-21-53(22-14-45)59(65)71-26-32-76-75-31-25-69-57)41-56(42-50)62(68)74-30-36-80-79-35-29-73-61(67)55(39-47)40-48/h9-24,37-42H,25-36H2. The zero-order chi connectivity index (χ0) is 55.7. The van der Waals surface area contributed by atoms with Crippen LogP contribution in [0, 0.1) is 47.4 Å². The smallest absolute Gasteiger partial charge is 0.338 e. The van der Waals surface area contributed by atoms with Crippen molar-refractivity contribution in [1.82, 2.24) is 0 Å². The second-order valence-electron chi connectivity index (χ2n) is 16.7. The summed E-state index contributed by atoms with van der Waals surface area (Å²) in [5.41, 5.74) is 6.38. The van der Waals surface area contributed by atoms with E-state index in [4.69, 9.17) is 28.4 Å². The van der Waals surface area contributed by atoms with E-state index in [1.54, 1.807) is 133 Å². The summed E-state index contributed by atoms with van der Waals surface area (Å²) < 4.78 is 33.3. The van der Waals surface area contributed by atoms with Crippen molar-refractivity contribution in [2.45, 2.75) is 0 Å². The van der Waals surface area contributed by atoms with Crippen LogP contribution in [-0.4, -0.2) is 110 Å². The van der Waals surface area contributed by atoms with E-state index in [1.807, 2.05) is 0 Å². The zero-order valence-electron chi connectivity index (χ0n) is 42.5. The van der Waals surface area contributed by atoms with E-state index < -0.39 is 35.8 Å². The Morgan fingerprint density at radius 1 is 0.225 bits per heavy atom. The molecule has 12 rings (SSSR count). The normalized spacial score (nSPS) is 15.6. The summed E-state index contributed by atoms with van der Waals surface area (Å²) in [6.45, 7) is 0.901. The maximum absolute atomic E-state index is 13.5. The Morgan fingerprint density at radius 2 is 0.400 bits per heavy atom. The number of carbonyl (C=O) groups excluding carboxylic acids is 6. The fourth-order valence-corrected chi connectivity index (χ4v) is 11.9. The molecular weight excluding hydrogens is 1130 g/mol. The summed E-state index contributed by atoms with van der Waals surface area (Å²) >= 11 is 0. The zero-order valence-corrected chi connectivity index (χ0v) is 47.4. The van der Waals surface area contributed by atoms with Crippen LogP contribution in [0.2, 0.25) is 0 Å². The van der Waals surface area contributed by atoms with Crippen molar-refractivity contribution in [1.29, 1.82) is 0 Å². The van der Waals surface area contributed by atoms with Crippen molar-refractivity contribution in [2.75, 3.05) is 74.2 Å². The predicted octanol–water partition coefficient (Wildman–Crippen LogP) is 11.1. The molecule has 0 N–H and O–H groups in total. The summed E-state index contributed by atoms with van der Waals surface area (Å²) in [6.07, 6.45) is 0. The van der Waals surface area contributed by atoms with E-state index in [9.17, 15) is 28.8 Å². The highest BCUT2D eigenvalue weighted by molar-refractivity contribution is 8.77. The van der Waals surface area contributed by atoms with E-state index in [0.29, 0.717) is 101 Å². The van der Waals surface area contributed by atoms with Crippen LogP contribution < -0.4 is 0 Å². The number of fused-ring (bicyclic) bond motifs is 4. The van der Waals surface area contributed by atoms with Crippen LogP contribution in [0.3, 0.4) is 0 Å².